The normalized spacial score (nSPS) is 16.0. The Balaban J connectivity index is 1.70. The molecule has 1 unspecified atom stereocenters. The van der Waals surface area contributed by atoms with Crippen molar-refractivity contribution in [1.82, 2.24) is 15.5 Å². The number of piperidine rings is 1. The largest absolute Gasteiger partial charge is 0.508 e. The van der Waals surface area contributed by atoms with Gasteiger partial charge in [-0.15, -0.1) is 0 Å². The summed E-state index contributed by atoms with van der Waals surface area (Å²) in [6, 6.07) is 5.96. The Morgan fingerprint density at radius 1 is 1.28 bits per heavy atom. The second-order valence-corrected chi connectivity index (χ2v) is 5.83. The highest BCUT2D eigenvalue weighted by molar-refractivity contribution is 5.74. The van der Waals surface area contributed by atoms with Gasteiger partial charge in [0.1, 0.15) is 11.5 Å². The van der Waals surface area contributed by atoms with Gasteiger partial charge in [0.05, 0.1) is 6.61 Å². The number of phenols is 1. The zero-order valence-corrected chi connectivity index (χ0v) is 14.5. The number of ether oxygens (including phenoxy) is 2. The molecule has 1 saturated heterocycles. The summed E-state index contributed by atoms with van der Waals surface area (Å²) < 4.78 is 10.5. The fraction of sp³-hybridized carbons (Fsp3) is 0.529. The molecule has 1 aliphatic heterocycles. The van der Waals surface area contributed by atoms with E-state index in [2.05, 4.69) is 10.6 Å². The summed E-state index contributed by atoms with van der Waals surface area (Å²) in [6.45, 7) is 4.97. The first-order chi connectivity index (χ1) is 12.0. The van der Waals surface area contributed by atoms with Crippen LogP contribution in [0.15, 0.2) is 24.3 Å². The van der Waals surface area contributed by atoms with Gasteiger partial charge in [-0.3, -0.25) is 0 Å². The number of aromatic hydroxyl groups is 1. The maximum atomic E-state index is 12.0. The van der Waals surface area contributed by atoms with Gasteiger partial charge in [-0.2, -0.15) is 0 Å². The Bertz CT molecular complexity index is 570. The Kier molecular flexibility index (Phi) is 6.73. The monoisotopic (exact) mass is 351 g/mol. The third kappa shape index (κ3) is 6.06. The van der Waals surface area contributed by atoms with Crippen molar-refractivity contribution in [3.05, 3.63) is 24.3 Å². The molecule has 138 valence electrons. The van der Waals surface area contributed by atoms with E-state index in [1.54, 1.807) is 30.9 Å². The molecule has 1 aromatic carbocycles. The number of amides is 3. The van der Waals surface area contributed by atoms with Gasteiger partial charge in [-0.05, 0) is 51.0 Å². The van der Waals surface area contributed by atoms with Crippen LogP contribution in [0.25, 0.3) is 0 Å². The van der Waals surface area contributed by atoms with Crippen molar-refractivity contribution in [3.8, 4) is 11.5 Å². The maximum absolute atomic E-state index is 12.0. The van der Waals surface area contributed by atoms with Crippen LogP contribution in [0.1, 0.15) is 26.7 Å². The molecule has 1 aromatic rings. The zero-order chi connectivity index (χ0) is 18.2. The van der Waals surface area contributed by atoms with Gasteiger partial charge in [0, 0.05) is 19.1 Å². The highest BCUT2D eigenvalue weighted by atomic mass is 16.6. The van der Waals surface area contributed by atoms with Crippen LogP contribution in [0.4, 0.5) is 9.59 Å². The molecule has 25 heavy (non-hydrogen) atoms. The van der Waals surface area contributed by atoms with Crippen molar-refractivity contribution < 1.29 is 24.2 Å². The molecule has 3 amide bonds. The first kappa shape index (κ1) is 18.7. The fourth-order valence-electron chi connectivity index (χ4n) is 2.59. The summed E-state index contributed by atoms with van der Waals surface area (Å²) in [4.78, 5) is 25.3. The third-order valence-corrected chi connectivity index (χ3v) is 3.84. The van der Waals surface area contributed by atoms with Crippen LogP contribution in [-0.4, -0.2) is 54.1 Å². The van der Waals surface area contributed by atoms with Crippen molar-refractivity contribution in [1.29, 1.82) is 0 Å². The molecule has 1 aliphatic rings. The summed E-state index contributed by atoms with van der Waals surface area (Å²) >= 11 is 0. The van der Waals surface area contributed by atoms with E-state index in [9.17, 15) is 14.7 Å². The quantitative estimate of drug-likeness (QED) is 0.705. The summed E-state index contributed by atoms with van der Waals surface area (Å²) in [5.41, 5.74) is 0. The highest BCUT2D eigenvalue weighted by Crippen LogP contribution is 2.16. The van der Waals surface area contributed by atoms with Gasteiger partial charge < -0.3 is 30.1 Å². The molecule has 0 bridgehead atoms. The molecule has 3 N–H and O–H groups in total. The molecular weight excluding hydrogens is 326 g/mol. The number of hydrogen-bond donors (Lipinski definition) is 3. The topological polar surface area (TPSA) is 100 Å². The second kappa shape index (κ2) is 9.00. The number of likely N-dealkylation sites (tertiary alicyclic amines) is 1. The van der Waals surface area contributed by atoms with E-state index in [0.717, 1.165) is 0 Å². The Morgan fingerprint density at radius 2 is 1.92 bits per heavy atom. The number of urea groups is 1. The fourth-order valence-corrected chi connectivity index (χ4v) is 2.59. The van der Waals surface area contributed by atoms with Crippen LogP contribution < -0.4 is 15.4 Å². The minimum Gasteiger partial charge on any atom is -0.508 e. The summed E-state index contributed by atoms with van der Waals surface area (Å²) in [6.07, 6.45) is 0.532. The van der Waals surface area contributed by atoms with E-state index in [1.807, 2.05) is 0 Å². The van der Waals surface area contributed by atoms with Crippen LogP contribution >= 0.6 is 0 Å². The van der Waals surface area contributed by atoms with Crippen LogP contribution in [0.5, 0.6) is 11.5 Å². The average Bonchev–Trinajstić information content (AvgIpc) is 2.57. The van der Waals surface area contributed by atoms with Gasteiger partial charge in [0.2, 0.25) is 0 Å². The molecule has 2 rings (SSSR count). The minimum atomic E-state index is -0.524. The minimum absolute atomic E-state index is 0.00606. The van der Waals surface area contributed by atoms with Crippen molar-refractivity contribution in [3.63, 3.8) is 0 Å². The van der Waals surface area contributed by atoms with Gasteiger partial charge >= 0.3 is 12.1 Å². The van der Waals surface area contributed by atoms with Gasteiger partial charge in [-0.1, -0.05) is 0 Å². The number of carbonyl (C=O) groups excluding carboxylic acids is 2. The number of rotatable bonds is 5. The molecule has 0 spiro atoms. The average molecular weight is 351 g/mol. The lowest BCUT2D eigenvalue weighted by molar-refractivity contribution is 0.0955. The number of carbonyl (C=O) groups is 2. The molecule has 0 saturated carbocycles. The lowest BCUT2D eigenvalue weighted by Gasteiger charge is -2.31. The van der Waals surface area contributed by atoms with Crippen LogP contribution in [0.3, 0.4) is 0 Å². The number of hydrogen-bond acceptors (Lipinski definition) is 5. The predicted molar refractivity (Wildman–Crippen MR) is 91.5 cm³/mol. The SMILES string of the molecule is CCOC(=O)N1CCC(NC(=O)NC(C)Oc2ccc(O)cc2)CC1. The number of phenolic OH excluding ortho intramolecular Hbond substituents is 1. The predicted octanol–water partition coefficient (Wildman–Crippen LogP) is 2.04. The molecular formula is C17H25N3O5. The second-order valence-electron chi connectivity index (χ2n) is 5.83. The Hall–Kier alpha value is -2.64. The van der Waals surface area contributed by atoms with Crippen molar-refractivity contribution in [2.75, 3.05) is 19.7 Å². The van der Waals surface area contributed by atoms with E-state index in [1.165, 1.54) is 12.1 Å². The van der Waals surface area contributed by atoms with E-state index in [0.29, 0.717) is 38.3 Å². The lowest BCUT2D eigenvalue weighted by Crippen LogP contribution is -2.51. The third-order valence-electron chi connectivity index (χ3n) is 3.84. The van der Waals surface area contributed by atoms with Crippen LogP contribution in [-0.2, 0) is 4.74 Å². The van der Waals surface area contributed by atoms with Crippen molar-refractivity contribution in [2.45, 2.75) is 39.0 Å². The van der Waals surface area contributed by atoms with E-state index < -0.39 is 6.23 Å². The number of benzene rings is 1. The van der Waals surface area contributed by atoms with Crippen molar-refractivity contribution >= 4 is 12.1 Å². The standard InChI is InChI=1S/C17H25N3O5/c1-3-24-17(23)20-10-8-13(9-11-20)19-16(22)18-12(2)25-15-6-4-14(21)5-7-15/h4-7,12-13,21H,3,8-11H2,1-2H3,(H2,18,19,22). The molecule has 8 heteroatoms. The molecule has 0 aromatic heterocycles. The Labute approximate surface area is 147 Å². The Morgan fingerprint density at radius 3 is 2.52 bits per heavy atom. The lowest BCUT2D eigenvalue weighted by atomic mass is 10.1. The van der Waals surface area contributed by atoms with Crippen LogP contribution in [0.2, 0.25) is 0 Å². The van der Waals surface area contributed by atoms with Crippen molar-refractivity contribution in [2.24, 2.45) is 0 Å². The van der Waals surface area contributed by atoms with E-state index in [-0.39, 0.29) is 23.9 Å². The van der Waals surface area contributed by atoms with E-state index >= 15 is 0 Å². The zero-order valence-electron chi connectivity index (χ0n) is 14.5. The first-order valence-electron chi connectivity index (χ1n) is 8.42. The molecule has 0 radical (unpaired) electrons. The first-order valence-corrected chi connectivity index (χ1v) is 8.42. The van der Waals surface area contributed by atoms with E-state index in [4.69, 9.17) is 9.47 Å². The van der Waals surface area contributed by atoms with Crippen LogP contribution in [0, 0.1) is 0 Å². The molecule has 8 nitrogen and oxygen atoms in total. The van der Waals surface area contributed by atoms with Gasteiger partial charge in [0.25, 0.3) is 0 Å². The number of nitrogens with one attached hydrogen (secondary N) is 2. The summed E-state index contributed by atoms with van der Waals surface area (Å²) in [5, 5.41) is 14.8. The van der Waals surface area contributed by atoms with Gasteiger partial charge in [0.15, 0.2) is 6.23 Å². The smallest absolute Gasteiger partial charge is 0.409 e. The molecule has 0 aliphatic carbocycles. The molecule has 1 atom stereocenters. The molecule has 1 heterocycles. The number of nitrogens with zero attached hydrogens (tertiary/aromatic N) is 1. The summed E-state index contributed by atoms with van der Waals surface area (Å²) in [5.74, 6) is 0.702. The van der Waals surface area contributed by atoms with Gasteiger partial charge in [-0.25, -0.2) is 9.59 Å². The maximum Gasteiger partial charge on any atom is 0.409 e. The molecule has 1 fully saturated rings. The summed E-state index contributed by atoms with van der Waals surface area (Å²) in [7, 11) is 0. The highest BCUT2D eigenvalue weighted by Gasteiger charge is 2.24.